The Hall–Kier alpha value is -2.82. The summed E-state index contributed by atoms with van der Waals surface area (Å²) in [5.41, 5.74) is 1.63. The molecule has 0 radical (unpaired) electrons. The van der Waals surface area contributed by atoms with E-state index < -0.39 is 0 Å². The van der Waals surface area contributed by atoms with E-state index in [-0.39, 0.29) is 5.56 Å². The summed E-state index contributed by atoms with van der Waals surface area (Å²) >= 11 is 0. The van der Waals surface area contributed by atoms with Crippen LogP contribution < -0.4 is 15.0 Å². The Balaban J connectivity index is 2.30. The summed E-state index contributed by atoms with van der Waals surface area (Å²) in [5.74, 6) is 1.38. The highest BCUT2D eigenvalue weighted by atomic mass is 16.5. The standard InChI is InChI=1S/C16H14N2O3/c1-20-11-5-10(6-12(7-11)21-2)14-9-18-16(19)13-3-4-17-8-15(13)14/h3-9H,1-2H3,(H,18,19). The lowest BCUT2D eigenvalue weighted by molar-refractivity contribution is 0.394. The average Bonchev–Trinajstić information content (AvgIpc) is 2.55. The molecule has 1 aromatic carbocycles. The normalized spacial score (nSPS) is 10.6. The highest BCUT2D eigenvalue weighted by molar-refractivity contribution is 5.95. The number of hydrogen-bond donors (Lipinski definition) is 1. The molecular weight excluding hydrogens is 268 g/mol. The largest absolute Gasteiger partial charge is 0.497 e. The third kappa shape index (κ3) is 2.33. The van der Waals surface area contributed by atoms with Gasteiger partial charge in [0.1, 0.15) is 11.5 Å². The van der Waals surface area contributed by atoms with Crippen LogP contribution in [-0.4, -0.2) is 24.2 Å². The highest BCUT2D eigenvalue weighted by Gasteiger charge is 2.09. The molecule has 0 saturated heterocycles. The number of nitrogens with zero attached hydrogens (tertiary/aromatic N) is 1. The zero-order chi connectivity index (χ0) is 14.8. The number of nitrogens with one attached hydrogen (secondary N) is 1. The van der Waals surface area contributed by atoms with Crippen molar-refractivity contribution in [1.82, 2.24) is 9.97 Å². The van der Waals surface area contributed by atoms with Gasteiger partial charge in [-0.2, -0.15) is 0 Å². The number of fused-ring (bicyclic) bond motifs is 1. The summed E-state index contributed by atoms with van der Waals surface area (Å²) in [4.78, 5) is 18.7. The number of methoxy groups -OCH3 is 2. The Labute approximate surface area is 121 Å². The molecule has 0 bridgehead atoms. The monoisotopic (exact) mass is 282 g/mol. The smallest absolute Gasteiger partial charge is 0.255 e. The third-order valence-electron chi connectivity index (χ3n) is 3.37. The molecule has 2 heterocycles. The van der Waals surface area contributed by atoms with Gasteiger partial charge in [-0.25, -0.2) is 0 Å². The Morgan fingerprint density at radius 1 is 1.05 bits per heavy atom. The summed E-state index contributed by atoms with van der Waals surface area (Å²) in [6, 6.07) is 7.29. The number of ether oxygens (including phenoxy) is 2. The van der Waals surface area contributed by atoms with Gasteiger partial charge in [-0.1, -0.05) is 0 Å². The lowest BCUT2D eigenvalue weighted by Crippen LogP contribution is -2.06. The van der Waals surface area contributed by atoms with E-state index >= 15 is 0 Å². The van der Waals surface area contributed by atoms with Gasteiger partial charge in [-0.05, 0) is 23.8 Å². The quantitative estimate of drug-likeness (QED) is 0.802. The predicted octanol–water partition coefficient (Wildman–Crippen LogP) is 2.61. The van der Waals surface area contributed by atoms with Gasteiger partial charge < -0.3 is 14.5 Å². The number of benzene rings is 1. The summed E-state index contributed by atoms with van der Waals surface area (Å²) in [7, 11) is 3.20. The average molecular weight is 282 g/mol. The van der Waals surface area contributed by atoms with Gasteiger partial charge in [0.25, 0.3) is 5.56 Å². The number of H-pyrrole nitrogens is 1. The van der Waals surface area contributed by atoms with Crippen LogP contribution in [-0.2, 0) is 0 Å². The SMILES string of the molecule is COc1cc(OC)cc(-c2c[nH]c(=O)c3ccncc23)c1. The molecule has 3 aromatic rings. The predicted molar refractivity (Wildman–Crippen MR) is 80.9 cm³/mol. The fourth-order valence-electron chi connectivity index (χ4n) is 2.30. The Kier molecular flexibility index (Phi) is 3.31. The first-order valence-electron chi connectivity index (χ1n) is 6.42. The molecule has 0 atom stereocenters. The van der Waals surface area contributed by atoms with E-state index in [1.54, 1.807) is 44.9 Å². The van der Waals surface area contributed by atoms with Crippen LogP contribution in [0.3, 0.4) is 0 Å². The van der Waals surface area contributed by atoms with Crippen molar-refractivity contribution < 1.29 is 9.47 Å². The topological polar surface area (TPSA) is 64.2 Å². The number of pyridine rings is 2. The van der Waals surface area contributed by atoms with E-state index in [4.69, 9.17) is 9.47 Å². The van der Waals surface area contributed by atoms with E-state index in [1.807, 2.05) is 12.1 Å². The van der Waals surface area contributed by atoms with Crippen LogP contribution in [0, 0.1) is 0 Å². The molecule has 2 aromatic heterocycles. The van der Waals surface area contributed by atoms with Crippen molar-refractivity contribution in [3.8, 4) is 22.6 Å². The van der Waals surface area contributed by atoms with Crippen molar-refractivity contribution in [2.45, 2.75) is 0 Å². The number of hydrogen-bond acceptors (Lipinski definition) is 4. The minimum Gasteiger partial charge on any atom is -0.497 e. The molecule has 21 heavy (non-hydrogen) atoms. The second-order valence-electron chi connectivity index (χ2n) is 4.55. The van der Waals surface area contributed by atoms with Crippen LogP contribution in [0.1, 0.15) is 0 Å². The fraction of sp³-hybridized carbons (Fsp3) is 0.125. The molecule has 0 aliphatic rings. The Bertz CT molecular complexity index is 833. The third-order valence-corrected chi connectivity index (χ3v) is 3.37. The van der Waals surface area contributed by atoms with Crippen molar-refractivity contribution in [2.75, 3.05) is 14.2 Å². The molecule has 5 nitrogen and oxygen atoms in total. The number of aromatic nitrogens is 2. The minimum atomic E-state index is -0.133. The lowest BCUT2D eigenvalue weighted by atomic mass is 10.0. The molecule has 0 spiro atoms. The molecule has 5 heteroatoms. The van der Waals surface area contributed by atoms with Gasteiger partial charge in [0.2, 0.25) is 0 Å². The second kappa shape index (κ2) is 5.28. The van der Waals surface area contributed by atoms with Gasteiger partial charge >= 0.3 is 0 Å². The fourth-order valence-corrected chi connectivity index (χ4v) is 2.30. The number of aromatic amines is 1. The van der Waals surface area contributed by atoms with E-state index in [1.165, 1.54) is 0 Å². The first-order valence-corrected chi connectivity index (χ1v) is 6.42. The van der Waals surface area contributed by atoms with E-state index in [2.05, 4.69) is 9.97 Å². The van der Waals surface area contributed by atoms with E-state index in [0.29, 0.717) is 16.9 Å². The Morgan fingerprint density at radius 2 is 1.76 bits per heavy atom. The van der Waals surface area contributed by atoms with E-state index in [9.17, 15) is 4.79 Å². The van der Waals surface area contributed by atoms with Crippen molar-refractivity contribution in [2.24, 2.45) is 0 Å². The minimum absolute atomic E-state index is 0.133. The molecule has 0 fully saturated rings. The zero-order valence-corrected chi connectivity index (χ0v) is 11.7. The lowest BCUT2D eigenvalue weighted by Gasteiger charge is -2.10. The van der Waals surface area contributed by atoms with Crippen LogP contribution in [0.25, 0.3) is 21.9 Å². The van der Waals surface area contributed by atoms with Gasteiger partial charge in [0.15, 0.2) is 0 Å². The molecule has 0 aliphatic heterocycles. The van der Waals surface area contributed by atoms with Gasteiger partial charge in [-0.3, -0.25) is 9.78 Å². The van der Waals surface area contributed by atoms with Crippen LogP contribution in [0.2, 0.25) is 0 Å². The van der Waals surface area contributed by atoms with Crippen molar-refractivity contribution in [3.63, 3.8) is 0 Å². The first-order chi connectivity index (χ1) is 10.2. The summed E-state index contributed by atoms with van der Waals surface area (Å²) in [5, 5.41) is 1.39. The zero-order valence-electron chi connectivity index (χ0n) is 11.7. The van der Waals surface area contributed by atoms with Crippen LogP contribution in [0.5, 0.6) is 11.5 Å². The summed E-state index contributed by atoms with van der Waals surface area (Å²) in [6.45, 7) is 0. The molecule has 106 valence electrons. The van der Waals surface area contributed by atoms with Gasteiger partial charge in [-0.15, -0.1) is 0 Å². The maximum atomic E-state index is 11.9. The van der Waals surface area contributed by atoms with Crippen LogP contribution >= 0.6 is 0 Å². The molecule has 0 saturated carbocycles. The van der Waals surface area contributed by atoms with E-state index in [0.717, 1.165) is 16.5 Å². The van der Waals surface area contributed by atoms with Crippen molar-refractivity contribution in [3.05, 3.63) is 53.2 Å². The van der Waals surface area contributed by atoms with Crippen molar-refractivity contribution in [1.29, 1.82) is 0 Å². The molecule has 0 amide bonds. The second-order valence-corrected chi connectivity index (χ2v) is 4.55. The summed E-state index contributed by atoms with van der Waals surface area (Å²) < 4.78 is 10.6. The first kappa shape index (κ1) is 13.2. The maximum Gasteiger partial charge on any atom is 0.255 e. The molecule has 1 N–H and O–H groups in total. The molecule has 3 rings (SSSR count). The highest BCUT2D eigenvalue weighted by Crippen LogP contribution is 2.32. The van der Waals surface area contributed by atoms with Gasteiger partial charge in [0, 0.05) is 35.6 Å². The number of rotatable bonds is 3. The van der Waals surface area contributed by atoms with Crippen LogP contribution in [0.15, 0.2) is 47.7 Å². The van der Waals surface area contributed by atoms with Gasteiger partial charge in [0.05, 0.1) is 19.6 Å². The summed E-state index contributed by atoms with van der Waals surface area (Å²) in [6.07, 6.45) is 4.97. The Morgan fingerprint density at radius 3 is 2.43 bits per heavy atom. The molecule has 0 aliphatic carbocycles. The van der Waals surface area contributed by atoms with Crippen LogP contribution in [0.4, 0.5) is 0 Å². The molecule has 0 unspecified atom stereocenters. The maximum absolute atomic E-state index is 11.9. The van der Waals surface area contributed by atoms with Crippen molar-refractivity contribution >= 4 is 10.8 Å². The molecular formula is C16H14N2O3.